The van der Waals surface area contributed by atoms with E-state index in [1.54, 1.807) is 0 Å². The zero-order valence-corrected chi connectivity index (χ0v) is 18.4. The van der Waals surface area contributed by atoms with E-state index in [2.05, 4.69) is 33.3 Å². The zero-order valence-electron chi connectivity index (χ0n) is 18.4. The molecule has 2 fully saturated rings. The second-order valence-electron chi connectivity index (χ2n) is 8.28. The van der Waals surface area contributed by atoms with E-state index >= 15 is 0 Å². The molecule has 0 radical (unpaired) electrons. The first-order valence-electron chi connectivity index (χ1n) is 11.4. The molecule has 7 nitrogen and oxygen atoms in total. The van der Waals surface area contributed by atoms with Crippen LogP contribution >= 0.6 is 0 Å². The topological polar surface area (TPSA) is 71.8 Å². The van der Waals surface area contributed by atoms with Crippen LogP contribution in [0.5, 0.6) is 0 Å². The maximum Gasteiger partial charge on any atom is 0.317 e. The van der Waals surface area contributed by atoms with Crippen molar-refractivity contribution in [3.63, 3.8) is 0 Å². The van der Waals surface area contributed by atoms with Gasteiger partial charge in [0.05, 0.1) is 30.5 Å². The number of rotatable bonds is 5. The number of ether oxygens (including phenoxy) is 1. The van der Waals surface area contributed by atoms with Crippen molar-refractivity contribution in [2.45, 2.75) is 12.5 Å². The molecule has 1 atom stereocenters. The quantitative estimate of drug-likeness (QED) is 0.785. The Morgan fingerprint density at radius 2 is 1.72 bits per heavy atom. The summed E-state index contributed by atoms with van der Waals surface area (Å²) >= 11 is 0. The highest BCUT2D eigenvalue weighted by atomic mass is 16.5. The number of morpholine rings is 1. The fourth-order valence-electron chi connectivity index (χ4n) is 4.41. The maximum absolute atomic E-state index is 13.2. The number of nitrogens with one attached hydrogen (secondary N) is 1. The molecule has 168 valence electrons. The fourth-order valence-corrected chi connectivity index (χ4v) is 4.41. The number of carbonyl (C=O) groups is 1. The first-order chi connectivity index (χ1) is 15.7. The van der Waals surface area contributed by atoms with Gasteiger partial charge in [-0.2, -0.15) is 5.26 Å². The van der Waals surface area contributed by atoms with Gasteiger partial charge in [0, 0.05) is 45.8 Å². The third-order valence-corrected chi connectivity index (χ3v) is 6.19. The second kappa shape index (κ2) is 11.0. The summed E-state index contributed by atoms with van der Waals surface area (Å²) in [5.74, 6) is 0. The van der Waals surface area contributed by atoms with Gasteiger partial charge in [-0.15, -0.1) is 0 Å². The minimum atomic E-state index is -0.0690. The molecular weight excluding hydrogens is 402 g/mol. The highest BCUT2D eigenvalue weighted by molar-refractivity contribution is 5.75. The molecule has 2 aliphatic heterocycles. The van der Waals surface area contributed by atoms with Crippen LogP contribution in [-0.2, 0) is 4.74 Å². The highest BCUT2D eigenvalue weighted by Crippen LogP contribution is 2.22. The Labute approximate surface area is 190 Å². The molecule has 2 amide bonds. The van der Waals surface area contributed by atoms with Crippen molar-refractivity contribution in [3.8, 4) is 6.07 Å². The first kappa shape index (κ1) is 22.1. The zero-order chi connectivity index (χ0) is 22.2. The minimum absolute atomic E-state index is 0.0254. The molecule has 32 heavy (non-hydrogen) atoms. The normalized spacial score (nSPS) is 18.5. The number of hydrogen-bond acceptors (Lipinski definition) is 5. The maximum atomic E-state index is 13.2. The molecule has 0 bridgehead atoms. The number of amides is 2. The Balaban J connectivity index is 1.41. The van der Waals surface area contributed by atoms with Gasteiger partial charge >= 0.3 is 6.03 Å². The van der Waals surface area contributed by atoms with Crippen LogP contribution in [0, 0.1) is 11.3 Å². The van der Waals surface area contributed by atoms with Crippen LogP contribution in [0.1, 0.15) is 23.6 Å². The first-order valence-corrected chi connectivity index (χ1v) is 11.4. The van der Waals surface area contributed by atoms with Crippen molar-refractivity contribution < 1.29 is 9.53 Å². The van der Waals surface area contributed by atoms with Crippen LogP contribution in [0.25, 0.3) is 0 Å². The van der Waals surface area contributed by atoms with Crippen molar-refractivity contribution in [3.05, 3.63) is 65.7 Å². The number of nitriles is 1. The van der Waals surface area contributed by atoms with Crippen LogP contribution in [0.15, 0.2) is 54.6 Å². The lowest BCUT2D eigenvalue weighted by Crippen LogP contribution is -2.47. The van der Waals surface area contributed by atoms with Crippen molar-refractivity contribution in [1.29, 1.82) is 5.26 Å². The smallest absolute Gasteiger partial charge is 0.317 e. The van der Waals surface area contributed by atoms with Crippen LogP contribution in [0.2, 0.25) is 0 Å². The lowest BCUT2D eigenvalue weighted by atomic mass is 10.1. The lowest BCUT2D eigenvalue weighted by molar-refractivity contribution is 0.0337. The van der Waals surface area contributed by atoms with Gasteiger partial charge in [0.15, 0.2) is 0 Å². The van der Waals surface area contributed by atoms with E-state index in [1.807, 2.05) is 47.4 Å². The van der Waals surface area contributed by atoms with Crippen molar-refractivity contribution >= 4 is 11.7 Å². The number of para-hydroxylation sites is 1. The van der Waals surface area contributed by atoms with E-state index in [0.29, 0.717) is 25.2 Å². The molecule has 2 aromatic rings. The molecule has 2 aliphatic rings. The summed E-state index contributed by atoms with van der Waals surface area (Å²) in [4.78, 5) is 19.7. The predicted octanol–water partition coefficient (Wildman–Crippen LogP) is 2.85. The van der Waals surface area contributed by atoms with E-state index in [0.717, 1.165) is 57.1 Å². The standard InChI is InChI=1S/C25H31N5O2/c26-19-22-9-4-5-10-24(22)29-11-6-12-30(14-13-29)25(31)27-23(21-7-2-1-3-8-21)20-28-15-17-32-18-16-28/h1-5,7-10,23H,6,11-18,20H2,(H,27,31). The highest BCUT2D eigenvalue weighted by Gasteiger charge is 2.25. The van der Waals surface area contributed by atoms with Gasteiger partial charge in [0.25, 0.3) is 0 Å². The number of nitrogens with zero attached hydrogens (tertiary/aromatic N) is 4. The molecule has 7 heteroatoms. The number of benzene rings is 2. The number of urea groups is 1. The van der Waals surface area contributed by atoms with E-state index in [1.165, 1.54) is 0 Å². The summed E-state index contributed by atoms with van der Waals surface area (Å²) in [6.45, 7) is 6.90. The average molecular weight is 434 g/mol. The van der Waals surface area contributed by atoms with Crippen LogP contribution in [-0.4, -0.2) is 74.9 Å². The summed E-state index contributed by atoms with van der Waals surface area (Å²) in [5.41, 5.74) is 2.75. The average Bonchev–Trinajstić information content (AvgIpc) is 3.11. The molecule has 0 spiro atoms. The van der Waals surface area contributed by atoms with Crippen molar-refractivity contribution in [2.24, 2.45) is 0 Å². The van der Waals surface area contributed by atoms with Gasteiger partial charge in [-0.05, 0) is 24.1 Å². The number of hydrogen-bond donors (Lipinski definition) is 1. The molecule has 0 aliphatic carbocycles. The second-order valence-corrected chi connectivity index (χ2v) is 8.28. The van der Waals surface area contributed by atoms with Gasteiger partial charge in [-0.1, -0.05) is 42.5 Å². The lowest BCUT2D eigenvalue weighted by Gasteiger charge is -2.32. The fraction of sp³-hybridized carbons (Fsp3) is 0.440. The number of carbonyl (C=O) groups excluding carboxylic acids is 1. The molecule has 4 rings (SSSR count). The van der Waals surface area contributed by atoms with Crippen molar-refractivity contribution in [2.75, 3.05) is 63.9 Å². The Hall–Kier alpha value is -3.08. The molecular formula is C25H31N5O2. The van der Waals surface area contributed by atoms with Crippen LogP contribution in [0.4, 0.5) is 10.5 Å². The molecule has 2 heterocycles. The molecule has 1 unspecified atom stereocenters. The van der Waals surface area contributed by atoms with Gasteiger partial charge < -0.3 is 19.9 Å². The molecule has 2 aromatic carbocycles. The van der Waals surface area contributed by atoms with Gasteiger partial charge in [0.1, 0.15) is 6.07 Å². The van der Waals surface area contributed by atoms with E-state index in [9.17, 15) is 10.1 Å². The monoisotopic (exact) mass is 433 g/mol. The summed E-state index contributed by atoms with van der Waals surface area (Å²) < 4.78 is 5.48. The van der Waals surface area contributed by atoms with E-state index < -0.39 is 0 Å². The van der Waals surface area contributed by atoms with Crippen LogP contribution < -0.4 is 10.2 Å². The molecule has 1 N–H and O–H groups in total. The van der Waals surface area contributed by atoms with E-state index in [-0.39, 0.29) is 12.1 Å². The molecule has 0 saturated carbocycles. The summed E-state index contributed by atoms with van der Waals surface area (Å²) in [6.07, 6.45) is 0.868. The largest absolute Gasteiger partial charge is 0.379 e. The molecule has 2 saturated heterocycles. The summed E-state index contributed by atoms with van der Waals surface area (Å²) in [7, 11) is 0. The summed E-state index contributed by atoms with van der Waals surface area (Å²) in [5, 5.41) is 12.7. The van der Waals surface area contributed by atoms with Gasteiger partial charge in [0.2, 0.25) is 0 Å². The molecule has 0 aromatic heterocycles. The SMILES string of the molecule is N#Cc1ccccc1N1CCCN(C(=O)NC(CN2CCOCC2)c2ccccc2)CC1. The van der Waals surface area contributed by atoms with Gasteiger partial charge in [-0.25, -0.2) is 4.79 Å². The Kier molecular flexibility index (Phi) is 7.59. The predicted molar refractivity (Wildman–Crippen MR) is 125 cm³/mol. The van der Waals surface area contributed by atoms with Gasteiger partial charge in [-0.3, -0.25) is 4.90 Å². The third-order valence-electron chi connectivity index (χ3n) is 6.19. The van der Waals surface area contributed by atoms with Crippen molar-refractivity contribution in [1.82, 2.24) is 15.1 Å². The Bertz CT molecular complexity index is 923. The minimum Gasteiger partial charge on any atom is -0.379 e. The number of anilines is 1. The Morgan fingerprint density at radius 1 is 0.969 bits per heavy atom. The third kappa shape index (κ3) is 5.58. The van der Waals surface area contributed by atoms with E-state index in [4.69, 9.17) is 4.74 Å². The Morgan fingerprint density at radius 3 is 2.50 bits per heavy atom. The summed E-state index contributed by atoms with van der Waals surface area (Å²) in [6, 6.07) is 20.1. The van der Waals surface area contributed by atoms with Crippen LogP contribution in [0.3, 0.4) is 0 Å².